The predicted octanol–water partition coefficient (Wildman–Crippen LogP) is 4.58. The van der Waals surface area contributed by atoms with Gasteiger partial charge in [0.1, 0.15) is 0 Å². The van der Waals surface area contributed by atoms with E-state index in [1.807, 2.05) is 17.7 Å². The molecule has 0 amide bonds. The molecule has 0 aliphatic carbocycles. The van der Waals surface area contributed by atoms with Gasteiger partial charge in [-0.25, -0.2) is 9.67 Å². The highest BCUT2D eigenvalue weighted by Gasteiger charge is 2.28. The molecule has 0 N–H and O–H groups in total. The first-order chi connectivity index (χ1) is 14.0. The second-order valence-corrected chi connectivity index (χ2v) is 8.95. The van der Waals surface area contributed by atoms with Gasteiger partial charge in [-0.3, -0.25) is 0 Å². The highest BCUT2D eigenvalue weighted by Crippen LogP contribution is 2.43. The fourth-order valence-electron chi connectivity index (χ4n) is 3.89. The Balaban J connectivity index is 1.81. The predicted molar refractivity (Wildman–Crippen MR) is 120 cm³/mol. The third-order valence-electron chi connectivity index (χ3n) is 5.17. The highest BCUT2D eigenvalue weighted by molar-refractivity contribution is 9.11. The van der Waals surface area contributed by atoms with E-state index in [0.717, 1.165) is 56.6 Å². The van der Waals surface area contributed by atoms with Gasteiger partial charge in [-0.2, -0.15) is 0 Å². The second kappa shape index (κ2) is 8.67. The fourth-order valence-corrected chi connectivity index (χ4v) is 5.42. The maximum atomic E-state index is 5.43. The minimum absolute atomic E-state index is 0.0492. The average molecular weight is 525 g/mol. The van der Waals surface area contributed by atoms with Crippen molar-refractivity contribution in [1.29, 1.82) is 0 Å². The zero-order valence-corrected chi connectivity index (χ0v) is 19.8. The molecule has 0 radical (unpaired) electrons. The van der Waals surface area contributed by atoms with Crippen molar-refractivity contribution in [1.82, 2.24) is 20.0 Å². The number of benzene rings is 1. The van der Waals surface area contributed by atoms with Crippen molar-refractivity contribution in [3.05, 3.63) is 38.4 Å². The van der Waals surface area contributed by atoms with Gasteiger partial charge in [0.25, 0.3) is 0 Å². The molecule has 2 aromatic heterocycles. The van der Waals surface area contributed by atoms with Crippen molar-refractivity contribution < 1.29 is 9.47 Å². The Labute approximate surface area is 186 Å². The lowest BCUT2D eigenvalue weighted by Crippen LogP contribution is -2.19. The van der Waals surface area contributed by atoms with E-state index in [-0.39, 0.29) is 6.04 Å². The van der Waals surface area contributed by atoms with Crippen molar-refractivity contribution in [3.8, 4) is 0 Å². The summed E-state index contributed by atoms with van der Waals surface area (Å²) in [6.07, 6.45) is 1.75. The summed E-state index contributed by atoms with van der Waals surface area (Å²) in [4.78, 5) is 7.08. The summed E-state index contributed by atoms with van der Waals surface area (Å²) in [5.74, 6) is 0.843. The van der Waals surface area contributed by atoms with Crippen LogP contribution in [0.4, 0.5) is 11.5 Å². The van der Waals surface area contributed by atoms with Crippen LogP contribution in [0.1, 0.15) is 23.7 Å². The molecular formula is C20H23Br2N5O2. The molecule has 1 aliphatic rings. The molecule has 154 valence electrons. The van der Waals surface area contributed by atoms with Crippen LogP contribution in [0.25, 0.3) is 11.0 Å². The standard InChI is InChI=1S/C20H23Br2N5O2/c1-12-8-17-18(24-25-27(17)15(11-29-3)5-7-28-2)20(23-12)26-6-4-13-9-14(21)10-16(22)19(13)26/h8-10,15H,4-7,11H2,1-3H3/t15-/m0/s1. The summed E-state index contributed by atoms with van der Waals surface area (Å²) < 4.78 is 14.8. The molecule has 29 heavy (non-hydrogen) atoms. The SMILES string of the molecule is COCC[C@@H](COC)n1nnc2c(N3CCc4cc(Br)cc(Br)c43)nc(C)cc21. The van der Waals surface area contributed by atoms with E-state index in [0.29, 0.717) is 13.2 Å². The number of hydrogen-bond donors (Lipinski definition) is 0. The normalized spacial score (nSPS) is 14.6. The number of methoxy groups -OCH3 is 2. The summed E-state index contributed by atoms with van der Waals surface area (Å²) in [6, 6.07) is 6.33. The minimum Gasteiger partial charge on any atom is -0.385 e. The Morgan fingerprint density at radius 1 is 1.17 bits per heavy atom. The quantitative estimate of drug-likeness (QED) is 0.450. The first kappa shape index (κ1) is 20.7. The van der Waals surface area contributed by atoms with Crippen LogP contribution < -0.4 is 4.90 Å². The molecule has 1 atom stereocenters. The number of ether oxygens (including phenoxy) is 2. The molecule has 0 saturated carbocycles. The van der Waals surface area contributed by atoms with Crippen LogP contribution in [0, 0.1) is 6.92 Å². The maximum Gasteiger partial charge on any atom is 0.163 e. The van der Waals surface area contributed by atoms with E-state index in [1.54, 1.807) is 14.2 Å². The van der Waals surface area contributed by atoms with Crippen LogP contribution >= 0.6 is 31.9 Å². The molecule has 0 fully saturated rings. The topological polar surface area (TPSA) is 65.3 Å². The minimum atomic E-state index is 0.0492. The molecule has 1 aliphatic heterocycles. The summed E-state index contributed by atoms with van der Waals surface area (Å²) in [6.45, 7) is 4.04. The van der Waals surface area contributed by atoms with Gasteiger partial charge < -0.3 is 14.4 Å². The van der Waals surface area contributed by atoms with Crippen LogP contribution in [-0.4, -0.2) is 54.0 Å². The Kier molecular flexibility index (Phi) is 6.19. The largest absolute Gasteiger partial charge is 0.385 e. The molecule has 3 aromatic rings. The average Bonchev–Trinajstić information content (AvgIpc) is 3.29. The third-order valence-corrected chi connectivity index (χ3v) is 6.23. The number of fused-ring (bicyclic) bond motifs is 2. The van der Waals surface area contributed by atoms with Crippen LogP contribution in [0.3, 0.4) is 0 Å². The number of aryl methyl sites for hydroxylation is 1. The number of rotatable bonds is 7. The van der Waals surface area contributed by atoms with E-state index < -0.39 is 0 Å². The van der Waals surface area contributed by atoms with Crippen molar-refractivity contribution in [3.63, 3.8) is 0 Å². The van der Waals surface area contributed by atoms with Crippen molar-refractivity contribution in [2.24, 2.45) is 0 Å². The van der Waals surface area contributed by atoms with E-state index in [4.69, 9.17) is 14.5 Å². The first-order valence-corrected chi connectivity index (χ1v) is 11.1. The Hall–Kier alpha value is -1.55. The molecular weight excluding hydrogens is 502 g/mol. The molecule has 3 heterocycles. The van der Waals surface area contributed by atoms with Crippen molar-refractivity contribution in [2.75, 3.05) is 38.9 Å². The van der Waals surface area contributed by atoms with Crippen LogP contribution in [0.5, 0.6) is 0 Å². The monoisotopic (exact) mass is 523 g/mol. The van der Waals surface area contributed by atoms with Gasteiger partial charge in [-0.15, -0.1) is 5.10 Å². The number of aromatic nitrogens is 4. The van der Waals surface area contributed by atoms with Gasteiger partial charge in [-0.1, -0.05) is 21.1 Å². The lowest BCUT2D eigenvalue weighted by atomic mass is 10.2. The molecule has 7 nitrogen and oxygen atoms in total. The zero-order chi connectivity index (χ0) is 20.5. The number of pyridine rings is 1. The molecule has 0 unspecified atom stereocenters. The van der Waals surface area contributed by atoms with Gasteiger partial charge >= 0.3 is 0 Å². The number of halogens is 2. The van der Waals surface area contributed by atoms with Crippen molar-refractivity contribution >= 4 is 54.4 Å². The van der Waals surface area contributed by atoms with Gasteiger partial charge in [0, 0.05) is 42.0 Å². The first-order valence-electron chi connectivity index (χ1n) is 9.49. The number of hydrogen-bond acceptors (Lipinski definition) is 6. The summed E-state index contributed by atoms with van der Waals surface area (Å²) in [5, 5.41) is 9.00. The van der Waals surface area contributed by atoms with E-state index >= 15 is 0 Å². The molecule has 4 rings (SSSR count). The number of anilines is 2. The lowest BCUT2D eigenvalue weighted by molar-refractivity contribution is 0.117. The van der Waals surface area contributed by atoms with Gasteiger partial charge in [0.2, 0.25) is 0 Å². The highest BCUT2D eigenvalue weighted by atomic mass is 79.9. The molecule has 1 aromatic carbocycles. The van der Waals surface area contributed by atoms with E-state index in [9.17, 15) is 0 Å². The summed E-state index contributed by atoms with van der Waals surface area (Å²) >= 11 is 7.31. The van der Waals surface area contributed by atoms with E-state index in [2.05, 4.69) is 59.2 Å². The van der Waals surface area contributed by atoms with Crippen LogP contribution in [-0.2, 0) is 15.9 Å². The van der Waals surface area contributed by atoms with Gasteiger partial charge in [0.05, 0.1) is 23.9 Å². The summed E-state index contributed by atoms with van der Waals surface area (Å²) in [7, 11) is 3.41. The summed E-state index contributed by atoms with van der Waals surface area (Å²) in [5.41, 5.74) is 5.13. The molecule has 0 bridgehead atoms. The van der Waals surface area contributed by atoms with Gasteiger partial charge in [-0.05, 0) is 59.5 Å². The van der Waals surface area contributed by atoms with E-state index in [1.165, 1.54) is 5.56 Å². The van der Waals surface area contributed by atoms with Crippen LogP contribution in [0.15, 0.2) is 27.1 Å². The lowest BCUT2D eigenvalue weighted by Gasteiger charge is -2.21. The Bertz CT molecular complexity index is 1040. The molecule has 0 saturated heterocycles. The molecule has 0 spiro atoms. The Morgan fingerprint density at radius 3 is 2.76 bits per heavy atom. The Morgan fingerprint density at radius 2 is 2.00 bits per heavy atom. The molecule has 9 heteroatoms. The van der Waals surface area contributed by atoms with Crippen LogP contribution in [0.2, 0.25) is 0 Å². The van der Waals surface area contributed by atoms with Gasteiger partial charge in [0.15, 0.2) is 11.3 Å². The maximum absolute atomic E-state index is 5.43. The second-order valence-electron chi connectivity index (χ2n) is 7.18. The smallest absolute Gasteiger partial charge is 0.163 e. The third kappa shape index (κ3) is 3.93. The van der Waals surface area contributed by atoms with Crippen molar-refractivity contribution in [2.45, 2.75) is 25.8 Å². The fraction of sp³-hybridized carbons (Fsp3) is 0.450. The zero-order valence-electron chi connectivity index (χ0n) is 16.7. The number of nitrogens with zero attached hydrogens (tertiary/aromatic N) is 5.